The van der Waals surface area contributed by atoms with E-state index in [4.69, 9.17) is 0 Å². The molecule has 8 nitrogen and oxygen atoms in total. The maximum absolute atomic E-state index is 12.9. The standard InChI is InChI=1S/C25H28N6O2S2/c1-13-22(35-14(2)27-13)20-12-34-25(29-20)30-21-8-5-16(11-26-21)23(32)28-17-9-18-6-7-19(10-17)31(18)24(33)15-3-4-15/h5,8,11-12,15,17-19H,3-4,6-7,9-10H2,1-2H3,(H,28,32)(H,26,29,30)/t17?,18-,19+. The van der Waals surface area contributed by atoms with Gasteiger partial charge in [-0.2, -0.15) is 0 Å². The Morgan fingerprint density at radius 3 is 2.46 bits per heavy atom. The highest BCUT2D eigenvalue weighted by atomic mass is 32.1. The summed E-state index contributed by atoms with van der Waals surface area (Å²) in [7, 11) is 0. The monoisotopic (exact) mass is 508 g/mol. The average Bonchev–Trinajstić information content (AvgIpc) is 3.42. The van der Waals surface area contributed by atoms with Crippen molar-refractivity contribution >= 4 is 45.4 Å². The number of aromatic nitrogens is 3. The van der Waals surface area contributed by atoms with Crippen LogP contribution < -0.4 is 10.6 Å². The van der Waals surface area contributed by atoms with Gasteiger partial charge in [0.1, 0.15) is 5.82 Å². The van der Waals surface area contributed by atoms with Gasteiger partial charge >= 0.3 is 0 Å². The van der Waals surface area contributed by atoms with Crippen LogP contribution in [0.25, 0.3) is 10.6 Å². The van der Waals surface area contributed by atoms with E-state index in [2.05, 4.69) is 30.5 Å². The summed E-state index contributed by atoms with van der Waals surface area (Å²) in [5, 5.41) is 10.2. The molecule has 10 heteroatoms. The molecule has 2 bridgehead atoms. The van der Waals surface area contributed by atoms with Crippen molar-refractivity contribution in [2.45, 2.75) is 70.5 Å². The van der Waals surface area contributed by atoms with Crippen LogP contribution in [0, 0.1) is 19.8 Å². The van der Waals surface area contributed by atoms with Crippen molar-refractivity contribution < 1.29 is 9.59 Å². The van der Waals surface area contributed by atoms with E-state index in [1.807, 2.05) is 19.2 Å². The number of hydrogen-bond donors (Lipinski definition) is 2. The van der Waals surface area contributed by atoms with Crippen molar-refractivity contribution in [2.75, 3.05) is 5.32 Å². The fraction of sp³-hybridized carbons (Fsp3) is 0.480. The first-order chi connectivity index (χ1) is 16.9. The van der Waals surface area contributed by atoms with Gasteiger partial charge in [-0.3, -0.25) is 9.59 Å². The van der Waals surface area contributed by atoms with Crippen LogP contribution in [0.2, 0.25) is 0 Å². The van der Waals surface area contributed by atoms with Gasteiger partial charge in [0.15, 0.2) is 5.13 Å². The molecule has 2 amide bonds. The Balaban J connectivity index is 1.06. The Bertz CT molecular complexity index is 1250. The number of pyridine rings is 1. The van der Waals surface area contributed by atoms with Gasteiger partial charge in [0.25, 0.3) is 5.91 Å². The molecule has 2 N–H and O–H groups in total. The second-order valence-corrected chi connectivity index (χ2v) is 11.9. The molecule has 1 unspecified atom stereocenters. The molecule has 3 atom stereocenters. The van der Waals surface area contributed by atoms with Crippen LogP contribution in [0.4, 0.5) is 10.9 Å². The Kier molecular flexibility index (Phi) is 5.80. The molecule has 1 aliphatic carbocycles. The third kappa shape index (κ3) is 4.56. The van der Waals surface area contributed by atoms with Crippen LogP contribution in [0.3, 0.4) is 0 Å². The number of carbonyl (C=O) groups excluding carboxylic acids is 2. The highest BCUT2D eigenvalue weighted by Gasteiger charge is 2.47. The van der Waals surface area contributed by atoms with E-state index in [-0.39, 0.29) is 30.0 Å². The maximum Gasteiger partial charge on any atom is 0.253 e. The van der Waals surface area contributed by atoms with E-state index in [1.165, 1.54) is 11.3 Å². The third-order valence-corrected chi connectivity index (χ3v) is 9.00. The Morgan fingerprint density at radius 2 is 1.83 bits per heavy atom. The number of hydrogen-bond acceptors (Lipinski definition) is 8. The highest BCUT2D eigenvalue weighted by Crippen LogP contribution is 2.41. The largest absolute Gasteiger partial charge is 0.349 e. The number of nitrogens with zero attached hydrogens (tertiary/aromatic N) is 4. The smallest absolute Gasteiger partial charge is 0.253 e. The number of rotatable bonds is 6. The molecule has 35 heavy (non-hydrogen) atoms. The van der Waals surface area contributed by atoms with E-state index in [0.717, 1.165) is 64.9 Å². The van der Waals surface area contributed by atoms with Gasteiger partial charge in [0.05, 0.1) is 26.8 Å². The van der Waals surface area contributed by atoms with Crippen LogP contribution in [0.1, 0.15) is 59.6 Å². The number of carbonyl (C=O) groups is 2. The van der Waals surface area contributed by atoms with Crippen molar-refractivity contribution in [3.63, 3.8) is 0 Å². The van der Waals surface area contributed by atoms with Crippen LogP contribution in [-0.4, -0.2) is 49.8 Å². The van der Waals surface area contributed by atoms with Gasteiger partial charge in [0, 0.05) is 35.6 Å². The van der Waals surface area contributed by atoms with Gasteiger partial charge < -0.3 is 15.5 Å². The number of aryl methyl sites for hydroxylation is 2. The summed E-state index contributed by atoms with van der Waals surface area (Å²) in [6.45, 7) is 4.00. The normalized spacial score (nSPS) is 23.4. The number of fused-ring (bicyclic) bond motifs is 2. The summed E-state index contributed by atoms with van der Waals surface area (Å²) < 4.78 is 0. The first-order valence-corrected chi connectivity index (χ1v) is 13.9. The zero-order chi connectivity index (χ0) is 24.1. The van der Waals surface area contributed by atoms with Gasteiger partial charge in [-0.05, 0) is 64.5 Å². The Hall–Kier alpha value is -2.85. The molecule has 6 rings (SSSR count). The number of piperidine rings is 1. The molecule has 1 saturated carbocycles. The summed E-state index contributed by atoms with van der Waals surface area (Å²) in [6, 6.07) is 4.25. The summed E-state index contributed by atoms with van der Waals surface area (Å²) in [6.07, 6.45) is 7.49. The zero-order valence-electron chi connectivity index (χ0n) is 19.8. The summed E-state index contributed by atoms with van der Waals surface area (Å²) in [5.74, 6) is 1.14. The van der Waals surface area contributed by atoms with E-state index in [1.54, 1.807) is 29.7 Å². The molecular weight excluding hydrogens is 480 g/mol. The second-order valence-electron chi connectivity index (χ2n) is 9.79. The molecule has 0 spiro atoms. The number of nitrogens with one attached hydrogen (secondary N) is 2. The summed E-state index contributed by atoms with van der Waals surface area (Å²) in [5.41, 5.74) is 2.44. The quantitative estimate of drug-likeness (QED) is 0.501. The van der Waals surface area contributed by atoms with Crippen molar-refractivity contribution in [2.24, 2.45) is 5.92 Å². The minimum atomic E-state index is -0.108. The number of thiazole rings is 2. The molecular formula is C25H28N6O2S2. The topological polar surface area (TPSA) is 100 Å². The number of amides is 2. The van der Waals surface area contributed by atoms with Gasteiger partial charge in [-0.15, -0.1) is 22.7 Å². The van der Waals surface area contributed by atoms with Crippen molar-refractivity contribution in [1.82, 2.24) is 25.2 Å². The Labute approximate surface area is 212 Å². The van der Waals surface area contributed by atoms with Crippen molar-refractivity contribution in [3.8, 4) is 10.6 Å². The molecule has 2 saturated heterocycles. The lowest BCUT2D eigenvalue weighted by atomic mass is 9.96. The van der Waals surface area contributed by atoms with Crippen molar-refractivity contribution in [3.05, 3.63) is 40.0 Å². The van der Waals surface area contributed by atoms with Gasteiger partial charge in [0.2, 0.25) is 5.91 Å². The van der Waals surface area contributed by atoms with Crippen molar-refractivity contribution in [1.29, 1.82) is 0 Å². The highest BCUT2D eigenvalue weighted by molar-refractivity contribution is 7.16. The molecule has 3 aromatic rings. The maximum atomic E-state index is 12.9. The molecule has 0 aromatic carbocycles. The van der Waals surface area contributed by atoms with Crippen LogP contribution in [0.5, 0.6) is 0 Å². The van der Waals surface area contributed by atoms with E-state index in [0.29, 0.717) is 17.3 Å². The van der Waals surface area contributed by atoms with Crippen LogP contribution in [-0.2, 0) is 4.79 Å². The lowest BCUT2D eigenvalue weighted by molar-refractivity contribution is -0.137. The predicted octanol–water partition coefficient (Wildman–Crippen LogP) is 4.68. The average molecular weight is 509 g/mol. The minimum Gasteiger partial charge on any atom is -0.349 e. The minimum absolute atomic E-state index is 0.105. The van der Waals surface area contributed by atoms with Crippen LogP contribution in [0.15, 0.2) is 23.7 Å². The van der Waals surface area contributed by atoms with E-state index < -0.39 is 0 Å². The SMILES string of the molecule is Cc1nc(C)c(-c2csc(Nc3ccc(C(=O)NC4C[C@H]5CC[C@@H](C4)N5C(=O)C4CC4)cn3)n2)s1. The zero-order valence-corrected chi connectivity index (χ0v) is 21.4. The lowest BCUT2D eigenvalue weighted by Gasteiger charge is -2.39. The van der Waals surface area contributed by atoms with Gasteiger partial charge in [-0.25, -0.2) is 15.0 Å². The summed E-state index contributed by atoms with van der Waals surface area (Å²) >= 11 is 3.16. The Morgan fingerprint density at radius 1 is 1.06 bits per heavy atom. The van der Waals surface area contributed by atoms with E-state index in [9.17, 15) is 9.59 Å². The second kappa shape index (κ2) is 8.98. The van der Waals surface area contributed by atoms with Crippen LogP contribution >= 0.6 is 22.7 Å². The third-order valence-electron chi connectivity index (χ3n) is 7.15. The molecule has 3 fully saturated rings. The molecule has 3 aliphatic rings. The first-order valence-electron chi connectivity index (χ1n) is 12.2. The molecule has 5 heterocycles. The molecule has 2 aliphatic heterocycles. The number of anilines is 2. The van der Waals surface area contributed by atoms with E-state index >= 15 is 0 Å². The summed E-state index contributed by atoms with van der Waals surface area (Å²) in [4.78, 5) is 42.3. The fourth-order valence-electron chi connectivity index (χ4n) is 5.38. The fourth-order valence-corrected chi connectivity index (χ4v) is 7.04. The molecule has 182 valence electrons. The van der Waals surface area contributed by atoms with Gasteiger partial charge in [-0.1, -0.05) is 0 Å². The predicted molar refractivity (Wildman–Crippen MR) is 137 cm³/mol. The first kappa shape index (κ1) is 22.6. The molecule has 0 radical (unpaired) electrons. The molecule has 3 aromatic heterocycles. The lowest BCUT2D eigenvalue weighted by Crippen LogP contribution is -2.52.